The van der Waals surface area contributed by atoms with Crippen molar-refractivity contribution in [2.45, 2.75) is 20.5 Å². The van der Waals surface area contributed by atoms with E-state index in [0.717, 1.165) is 21.3 Å². The zero-order chi connectivity index (χ0) is 18.0. The van der Waals surface area contributed by atoms with Crippen molar-refractivity contribution in [3.63, 3.8) is 0 Å². The number of esters is 1. The molecule has 128 valence electrons. The average Bonchev–Trinajstić information content (AvgIpc) is 2.98. The highest BCUT2D eigenvalue weighted by Gasteiger charge is 2.19. The number of ether oxygens (including phenoxy) is 1. The monoisotopic (exact) mass is 419 g/mol. The SMILES string of the molecule is Cc1cc(-n2nnc(C(=O)OCc3ccc(Cl)cc3)c2C)ccc1Br. The highest BCUT2D eigenvalue weighted by molar-refractivity contribution is 9.10. The number of halogens is 2. The molecule has 0 spiro atoms. The van der Waals surface area contributed by atoms with Crippen LogP contribution in [0.2, 0.25) is 5.02 Å². The van der Waals surface area contributed by atoms with E-state index in [2.05, 4.69) is 26.2 Å². The van der Waals surface area contributed by atoms with Crippen molar-refractivity contribution in [3.8, 4) is 5.69 Å². The number of rotatable bonds is 4. The Kier molecular flexibility index (Phi) is 5.20. The third kappa shape index (κ3) is 3.91. The summed E-state index contributed by atoms with van der Waals surface area (Å²) < 4.78 is 7.96. The standard InChI is InChI=1S/C18H15BrClN3O2/c1-11-9-15(7-8-16(11)19)23-12(2)17(21-22-23)18(24)25-10-13-3-5-14(20)6-4-13/h3-9H,10H2,1-2H3. The Morgan fingerprint density at radius 1 is 1.20 bits per heavy atom. The zero-order valence-corrected chi connectivity index (χ0v) is 16.0. The van der Waals surface area contributed by atoms with Crippen molar-refractivity contribution in [1.29, 1.82) is 0 Å². The van der Waals surface area contributed by atoms with Gasteiger partial charge in [-0.05, 0) is 55.3 Å². The molecule has 0 atom stereocenters. The van der Waals surface area contributed by atoms with E-state index < -0.39 is 5.97 Å². The molecular formula is C18H15BrClN3O2. The Morgan fingerprint density at radius 3 is 2.60 bits per heavy atom. The number of carbonyl (C=O) groups is 1. The van der Waals surface area contributed by atoms with Gasteiger partial charge in [-0.25, -0.2) is 9.48 Å². The molecule has 0 aliphatic carbocycles. The maximum atomic E-state index is 12.3. The zero-order valence-electron chi connectivity index (χ0n) is 13.7. The lowest BCUT2D eigenvalue weighted by atomic mass is 10.2. The topological polar surface area (TPSA) is 57.0 Å². The van der Waals surface area contributed by atoms with E-state index in [9.17, 15) is 4.79 Å². The van der Waals surface area contributed by atoms with E-state index in [-0.39, 0.29) is 12.3 Å². The van der Waals surface area contributed by atoms with Crippen molar-refractivity contribution in [2.75, 3.05) is 0 Å². The van der Waals surface area contributed by atoms with E-state index in [0.29, 0.717) is 10.7 Å². The largest absolute Gasteiger partial charge is 0.456 e. The summed E-state index contributed by atoms with van der Waals surface area (Å²) in [7, 11) is 0. The van der Waals surface area contributed by atoms with Gasteiger partial charge in [0.1, 0.15) is 6.61 Å². The summed E-state index contributed by atoms with van der Waals surface area (Å²) in [5.41, 5.74) is 3.59. The summed E-state index contributed by atoms with van der Waals surface area (Å²) in [4.78, 5) is 12.3. The summed E-state index contributed by atoms with van der Waals surface area (Å²) in [6, 6.07) is 12.9. The van der Waals surface area contributed by atoms with Gasteiger partial charge in [0.05, 0.1) is 11.4 Å². The van der Waals surface area contributed by atoms with Gasteiger partial charge >= 0.3 is 5.97 Å². The minimum Gasteiger partial charge on any atom is -0.456 e. The van der Waals surface area contributed by atoms with E-state index in [4.69, 9.17) is 16.3 Å². The number of hydrogen-bond acceptors (Lipinski definition) is 4. The number of carbonyl (C=O) groups excluding carboxylic acids is 1. The summed E-state index contributed by atoms with van der Waals surface area (Å²) >= 11 is 9.31. The van der Waals surface area contributed by atoms with Gasteiger partial charge in [-0.3, -0.25) is 0 Å². The van der Waals surface area contributed by atoms with Gasteiger partial charge in [-0.2, -0.15) is 0 Å². The van der Waals surface area contributed by atoms with Crippen molar-refractivity contribution in [1.82, 2.24) is 15.0 Å². The molecule has 0 aliphatic rings. The smallest absolute Gasteiger partial charge is 0.361 e. The molecule has 5 nitrogen and oxygen atoms in total. The van der Waals surface area contributed by atoms with Gasteiger partial charge in [-0.15, -0.1) is 5.10 Å². The second kappa shape index (κ2) is 7.37. The Bertz CT molecular complexity index is 923. The van der Waals surface area contributed by atoms with Gasteiger partial charge < -0.3 is 4.74 Å². The molecule has 7 heteroatoms. The fraction of sp³-hybridized carbons (Fsp3) is 0.167. The summed E-state index contributed by atoms with van der Waals surface area (Å²) in [5, 5.41) is 8.69. The fourth-order valence-corrected chi connectivity index (χ4v) is 2.69. The van der Waals surface area contributed by atoms with Crippen LogP contribution in [0.25, 0.3) is 5.69 Å². The third-order valence-electron chi connectivity index (χ3n) is 3.76. The van der Waals surface area contributed by atoms with E-state index >= 15 is 0 Å². The molecule has 0 amide bonds. The molecule has 1 heterocycles. The lowest BCUT2D eigenvalue weighted by Gasteiger charge is -2.06. The molecule has 1 aromatic heterocycles. The van der Waals surface area contributed by atoms with Gasteiger partial charge in [0, 0.05) is 9.50 Å². The van der Waals surface area contributed by atoms with Crippen molar-refractivity contribution in [3.05, 3.63) is 74.5 Å². The molecule has 25 heavy (non-hydrogen) atoms. The summed E-state index contributed by atoms with van der Waals surface area (Å²) in [6.45, 7) is 3.93. The highest BCUT2D eigenvalue weighted by Crippen LogP contribution is 2.21. The Labute approximate surface area is 158 Å². The molecule has 2 aromatic carbocycles. The third-order valence-corrected chi connectivity index (χ3v) is 4.90. The molecule has 0 radical (unpaired) electrons. The fourth-order valence-electron chi connectivity index (χ4n) is 2.32. The first-order valence-corrected chi connectivity index (χ1v) is 8.73. The number of nitrogens with zero attached hydrogens (tertiary/aromatic N) is 3. The summed E-state index contributed by atoms with van der Waals surface area (Å²) in [6.07, 6.45) is 0. The van der Waals surface area contributed by atoms with Crippen molar-refractivity contribution < 1.29 is 9.53 Å². The van der Waals surface area contributed by atoms with Crippen LogP contribution in [-0.4, -0.2) is 21.0 Å². The van der Waals surface area contributed by atoms with Crippen LogP contribution in [-0.2, 0) is 11.3 Å². The van der Waals surface area contributed by atoms with Crippen LogP contribution in [0, 0.1) is 13.8 Å². The maximum absolute atomic E-state index is 12.3. The first kappa shape index (κ1) is 17.6. The highest BCUT2D eigenvalue weighted by atomic mass is 79.9. The maximum Gasteiger partial charge on any atom is 0.361 e. The normalized spacial score (nSPS) is 10.7. The Hall–Kier alpha value is -2.18. The minimum atomic E-state index is -0.507. The quantitative estimate of drug-likeness (QED) is 0.576. The van der Waals surface area contributed by atoms with Crippen LogP contribution in [0.4, 0.5) is 0 Å². The van der Waals surface area contributed by atoms with Gasteiger partial charge in [0.15, 0.2) is 5.69 Å². The molecule has 3 rings (SSSR count). The Balaban J connectivity index is 1.76. The van der Waals surface area contributed by atoms with Crippen LogP contribution >= 0.6 is 27.5 Å². The molecule has 0 unspecified atom stereocenters. The predicted molar refractivity (Wildman–Crippen MR) is 99.1 cm³/mol. The molecule has 0 saturated heterocycles. The van der Waals surface area contributed by atoms with Crippen LogP contribution in [0.3, 0.4) is 0 Å². The van der Waals surface area contributed by atoms with Crippen LogP contribution in [0.1, 0.15) is 27.3 Å². The van der Waals surface area contributed by atoms with Crippen molar-refractivity contribution in [2.24, 2.45) is 0 Å². The lowest BCUT2D eigenvalue weighted by molar-refractivity contribution is 0.0464. The first-order chi connectivity index (χ1) is 12.0. The molecule has 0 aliphatic heterocycles. The molecule has 0 bridgehead atoms. The molecular weight excluding hydrogens is 406 g/mol. The van der Waals surface area contributed by atoms with Crippen LogP contribution in [0.15, 0.2) is 46.9 Å². The van der Waals surface area contributed by atoms with E-state index in [1.165, 1.54) is 0 Å². The second-order valence-corrected chi connectivity index (χ2v) is 6.86. The van der Waals surface area contributed by atoms with Gasteiger partial charge in [0.25, 0.3) is 0 Å². The molecule has 3 aromatic rings. The van der Waals surface area contributed by atoms with Crippen LogP contribution in [0.5, 0.6) is 0 Å². The molecule has 0 N–H and O–H groups in total. The predicted octanol–water partition coefficient (Wildman–Crippen LogP) is 4.66. The summed E-state index contributed by atoms with van der Waals surface area (Å²) in [5.74, 6) is -0.507. The number of benzene rings is 2. The molecule has 0 saturated carbocycles. The van der Waals surface area contributed by atoms with Gasteiger partial charge in [-0.1, -0.05) is 44.9 Å². The number of aryl methyl sites for hydroxylation is 1. The molecule has 0 fully saturated rings. The van der Waals surface area contributed by atoms with Gasteiger partial charge in [0.2, 0.25) is 0 Å². The second-order valence-electron chi connectivity index (χ2n) is 5.57. The first-order valence-electron chi connectivity index (χ1n) is 7.56. The number of hydrogen-bond donors (Lipinski definition) is 0. The minimum absolute atomic E-state index is 0.152. The van der Waals surface area contributed by atoms with E-state index in [1.54, 1.807) is 23.7 Å². The van der Waals surface area contributed by atoms with Crippen molar-refractivity contribution >= 4 is 33.5 Å². The number of aromatic nitrogens is 3. The van der Waals surface area contributed by atoms with E-state index in [1.807, 2.05) is 37.3 Å². The lowest BCUT2D eigenvalue weighted by Crippen LogP contribution is -2.08. The van der Waals surface area contributed by atoms with Crippen LogP contribution < -0.4 is 0 Å². The Morgan fingerprint density at radius 2 is 1.92 bits per heavy atom. The average molecular weight is 421 g/mol.